The lowest BCUT2D eigenvalue weighted by molar-refractivity contribution is -0.140. The molecule has 0 amide bonds. The highest BCUT2D eigenvalue weighted by Crippen LogP contribution is 2.34. The van der Waals surface area contributed by atoms with Gasteiger partial charge < -0.3 is 0 Å². The molecular formula is C15H6F8O. The zero-order valence-corrected chi connectivity index (χ0v) is 11.4. The Balaban J connectivity index is 2.51. The largest absolute Gasteiger partial charge is 0.419 e. The number of halogens is 8. The van der Waals surface area contributed by atoms with Crippen molar-refractivity contribution in [2.45, 2.75) is 12.4 Å². The van der Waals surface area contributed by atoms with Crippen LogP contribution in [0, 0.1) is 11.6 Å². The first kappa shape index (κ1) is 17.9. The smallest absolute Gasteiger partial charge is 0.289 e. The third-order valence-electron chi connectivity index (χ3n) is 3.07. The fourth-order valence-corrected chi connectivity index (χ4v) is 1.93. The van der Waals surface area contributed by atoms with Gasteiger partial charge in [-0.1, -0.05) is 0 Å². The highest BCUT2D eigenvalue weighted by molar-refractivity contribution is 6.09. The molecule has 1 nitrogen and oxygen atoms in total. The average Bonchev–Trinajstić information content (AvgIpc) is 2.45. The molecule has 0 aliphatic rings. The number of carbonyl (C=O) groups is 1. The molecular weight excluding hydrogens is 348 g/mol. The molecule has 24 heavy (non-hydrogen) atoms. The van der Waals surface area contributed by atoms with Gasteiger partial charge in [0, 0.05) is 11.1 Å². The monoisotopic (exact) mass is 354 g/mol. The second-order valence-electron chi connectivity index (χ2n) is 4.71. The SMILES string of the molecule is O=C(c1ccc(F)c(C(F)(F)F)c1)c1ccc(F)c(C(F)(F)F)c1. The molecule has 0 aliphatic heterocycles. The van der Waals surface area contributed by atoms with Gasteiger partial charge in [-0.3, -0.25) is 4.79 Å². The molecule has 2 aromatic rings. The van der Waals surface area contributed by atoms with Gasteiger partial charge in [0.2, 0.25) is 0 Å². The molecule has 0 bridgehead atoms. The minimum atomic E-state index is -5.08. The second-order valence-corrected chi connectivity index (χ2v) is 4.71. The predicted molar refractivity (Wildman–Crippen MR) is 66.2 cm³/mol. The van der Waals surface area contributed by atoms with Gasteiger partial charge in [0.1, 0.15) is 11.6 Å². The van der Waals surface area contributed by atoms with Gasteiger partial charge in [-0.05, 0) is 36.4 Å². The van der Waals surface area contributed by atoms with Crippen LogP contribution in [0.5, 0.6) is 0 Å². The van der Waals surface area contributed by atoms with Crippen molar-refractivity contribution in [1.82, 2.24) is 0 Å². The normalized spacial score (nSPS) is 12.3. The fraction of sp³-hybridized carbons (Fsp3) is 0.133. The summed E-state index contributed by atoms with van der Waals surface area (Å²) in [7, 11) is 0. The van der Waals surface area contributed by atoms with Gasteiger partial charge in [-0.25, -0.2) is 8.78 Å². The van der Waals surface area contributed by atoms with Crippen LogP contribution in [0.4, 0.5) is 35.1 Å². The zero-order chi connectivity index (χ0) is 18.3. The Bertz CT molecular complexity index is 724. The van der Waals surface area contributed by atoms with E-state index in [2.05, 4.69) is 0 Å². The van der Waals surface area contributed by atoms with Crippen LogP contribution in [0.25, 0.3) is 0 Å². The quantitative estimate of drug-likeness (QED) is 0.533. The maximum Gasteiger partial charge on any atom is 0.419 e. The van der Waals surface area contributed by atoms with Crippen molar-refractivity contribution in [3.63, 3.8) is 0 Å². The molecule has 0 radical (unpaired) electrons. The number of benzene rings is 2. The summed E-state index contributed by atoms with van der Waals surface area (Å²) < 4.78 is 102. The van der Waals surface area contributed by atoms with Gasteiger partial charge in [-0.2, -0.15) is 26.3 Å². The molecule has 0 fully saturated rings. The van der Waals surface area contributed by atoms with Gasteiger partial charge >= 0.3 is 12.4 Å². The van der Waals surface area contributed by atoms with Crippen molar-refractivity contribution < 1.29 is 39.9 Å². The predicted octanol–water partition coefficient (Wildman–Crippen LogP) is 5.23. The van der Waals surface area contributed by atoms with Gasteiger partial charge in [0.15, 0.2) is 5.78 Å². The Kier molecular flexibility index (Phi) is 4.38. The van der Waals surface area contributed by atoms with E-state index in [0.717, 1.165) is 0 Å². The minimum Gasteiger partial charge on any atom is -0.289 e. The van der Waals surface area contributed by atoms with E-state index in [0.29, 0.717) is 24.3 Å². The van der Waals surface area contributed by atoms with Crippen LogP contribution in [0.1, 0.15) is 27.0 Å². The van der Waals surface area contributed by atoms with Gasteiger partial charge in [0.05, 0.1) is 11.1 Å². The zero-order valence-electron chi connectivity index (χ0n) is 11.4. The molecule has 9 heteroatoms. The number of hydrogen-bond donors (Lipinski definition) is 0. The second kappa shape index (κ2) is 5.88. The summed E-state index contributed by atoms with van der Waals surface area (Å²) in [5.74, 6) is -4.49. The Morgan fingerprint density at radius 2 is 1.00 bits per heavy atom. The Morgan fingerprint density at radius 3 is 1.29 bits per heavy atom. The van der Waals surface area contributed by atoms with Crippen LogP contribution in [-0.2, 0) is 12.4 Å². The first-order valence-electron chi connectivity index (χ1n) is 6.19. The van der Waals surface area contributed by atoms with E-state index in [9.17, 15) is 39.9 Å². The lowest BCUT2D eigenvalue weighted by atomic mass is 9.99. The summed E-state index contributed by atoms with van der Waals surface area (Å²) in [5.41, 5.74) is -4.81. The molecule has 0 atom stereocenters. The number of rotatable bonds is 2. The standard InChI is InChI=1S/C15H6F8O/c16-11-3-1-7(5-9(11)14(18,19)20)13(24)8-2-4-12(17)10(6-8)15(21,22)23/h1-6H. The number of hydrogen-bond acceptors (Lipinski definition) is 1. The first-order valence-corrected chi connectivity index (χ1v) is 6.19. The summed E-state index contributed by atoms with van der Waals surface area (Å²) in [6.07, 6.45) is -10.2. The molecule has 2 rings (SSSR count). The van der Waals surface area contributed by atoms with E-state index in [1.54, 1.807) is 0 Å². The summed E-state index contributed by atoms with van der Waals surface area (Å²) in [6, 6.07) is 2.53. The van der Waals surface area contributed by atoms with E-state index < -0.39 is 52.0 Å². The third-order valence-corrected chi connectivity index (χ3v) is 3.07. The number of ketones is 1. The lowest BCUT2D eigenvalue weighted by Gasteiger charge is -2.11. The van der Waals surface area contributed by atoms with E-state index >= 15 is 0 Å². The molecule has 0 heterocycles. The molecule has 128 valence electrons. The van der Waals surface area contributed by atoms with Crippen molar-refractivity contribution in [1.29, 1.82) is 0 Å². The Labute approximate surface area is 129 Å². The molecule has 0 aliphatic carbocycles. The summed E-state index contributed by atoms with van der Waals surface area (Å²) in [5, 5.41) is 0. The highest BCUT2D eigenvalue weighted by Gasteiger charge is 2.36. The van der Waals surface area contributed by atoms with E-state index in [-0.39, 0.29) is 12.1 Å². The van der Waals surface area contributed by atoms with E-state index in [1.807, 2.05) is 0 Å². The molecule has 0 saturated heterocycles. The molecule has 0 aromatic heterocycles. The van der Waals surface area contributed by atoms with Crippen molar-refractivity contribution in [3.05, 3.63) is 70.3 Å². The van der Waals surface area contributed by atoms with Crippen molar-refractivity contribution in [3.8, 4) is 0 Å². The molecule has 0 saturated carbocycles. The Morgan fingerprint density at radius 1 is 0.667 bits per heavy atom. The first-order chi connectivity index (χ1) is 10.9. The van der Waals surface area contributed by atoms with Gasteiger partial charge in [-0.15, -0.1) is 0 Å². The van der Waals surface area contributed by atoms with E-state index in [1.165, 1.54) is 0 Å². The van der Waals surface area contributed by atoms with Crippen LogP contribution in [0.3, 0.4) is 0 Å². The average molecular weight is 354 g/mol. The maximum atomic E-state index is 13.2. The van der Waals surface area contributed by atoms with Crippen LogP contribution in [0.2, 0.25) is 0 Å². The van der Waals surface area contributed by atoms with Gasteiger partial charge in [0.25, 0.3) is 0 Å². The summed E-state index contributed by atoms with van der Waals surface area (Å²) in [6.45, 7) is 0. The molecule has 2 aromatic carbocycles. The van der Waals surface area contributed by atoms with Crippen LogP contribution in [-0.4, -0.2) is 5.78 Å². The minimum absolute atomic E-state index is 0.189. The van der Waals surface area contributed by atoms with Crippen LogP contribution in [0.15, 0.2) is 36.4 Å². The van der Waals surface area contributed by atoms with Crippen molar-refractivity contribution >= 4 is 5.78 Å². The summed E-state index contributed by atoms with van der Waals surface area (Å²) >= 11 is 0. The topological polar surface area (TPSA) is 17.1 Å². The van der Waals surface area contributed by atoms with Crippen LogP contribution >= 0.6 is 0 Å². The molecule has 0 unspecified atom stereocenters. The number of carbonyl (C=O) groups excluding carboxylic acids is 1. The number of alkyl halides is 6. The highest BCUT2D eigenvalue weighted by atomic mass is 19.4. The molecule has 0 spiro atoms. The third kappa shape index (κ3) is 3.55. The van der Waals surface area contributed by atoms with Crippen molar-refractivity contribution in [2.75, 3.05) is 0 Å². The van der Waals surface area contributed by atoms with E-state index in [4.69, 9.17) is 0 Å². The fourth-order valence-electron chi connectivity index (χ4n) is 1.93. The van der Waals surface area contributed by atoms with Crippen molar-refractivity contribution in [2.24, 2.45) is 0 Å². The lowest BCUT2D eigenvalue weighted by Crippen LogP contribution is -2.13. The molecule has 0 N–H and O–H groups in total. The van der Waals surface area contributed by atoms with Crippen LogP contribution < -0.4 is 0 Å². The maximum absolute atomic E-state index is 13.2. The summed E-state index contributed by atoms with van der Waals surface area (Å²) in [4.78, 5) is 12.0. The Hall–Kier alpha value is -2.45.